The third-order valence-corrected chi connectivity index (χ3v) is 5.07. The van der Waals surface area contributed by atoms with E-state index in [1.54, 1.807) is 24.3 Å². The summed E-state index contributed by atoms with van der Waals surface area (Å²) >= 11 is 0. The fraction of sp³-hybridized carbons (Fsp3) is 0.429. The van der Waals surface area contributed by atoms with Gasteiger partial charge in [-0.15, -0.1) is 0 Å². The number of aromatic nitrogens is 2. The summed E-state index contributed by atoms with van der Waals surface area (Å²) in [4.78, 5) is 34.8. The van der Waals surface area contributed by atoms with E-state index in [4.69, 9.17) is 4.74 Å². The van der Waals surface area contributed by atoms with Crippen molar-refractivity contribution in [3.8, 4) is 0 Å². The Balaban J connectivity index is 1.20. The van der Waals surface area contributed by atoms with Crippen LogP contribution in [0.25, 0.3) is 0 Å². The second kappa shape index (κ2) is 9.53. The molecule has 0 radical (unpaired) electrons. The summed E-state index contributed by atoms with van der Waals surface area (Å²) in [7, 11) is 0. The van der Waals surface area contributed by atoms with Crippen molar-refractivity contribution < 1.29 is 14.3 Å². The number of anilines is 3. The van der Waals surface area contributed by atoms with Gasteiger partial charge in [0.05, 0.1) is 13.2 Å². The molecule has 9 heteroatoms. The molecule has 2 amide bonds. The number of hydrogen-bond donors (Lipinski definition) is 3. The fourth-order valence-electron chi connectivity index (χ4n) is 3.17. The third kappa shape index (κ3) is 5.44. The van der Waals surface area contributed by atoms with E-state index < -0.39 is 0 Å². The lowest BCUT2D eigenvalue weighted by Crippen LogP contribution is -2.36. The van der Waals surface area contributed by atoms with Gasteiger partial charge in [-0.1, -0.05) is 0 Å². The maximum Gasteiger partial charge on any atom is 0.251 e. The molecule has 0 atom stereocenters. The lowest BCUT2D eigenvalue weighted by Gasteiger charge is -2.27. The van der Waals surface area contributed by atoms with E-state index >= 15 is 0 Å². The van der Waals surface area contributed by atoms with Gasteiger partial charge in [0, 0.05) is 49.4 Å². The molecule has 1 aliphatic carbocycles. The van der Waals surface area contributed by atoms with Gasteiger partial charge in [0.15, 0.2) is 0 Å². The van der Waals surface area contributed by atoms with E-state index in [1.165, 1.54) is 6.33 Å². The summed E-state index contributed by atoms with van der Waals surface area (Å²) in [5.41, 5.74) is 1.26. The molecule has 9 nitrogen and oxygen atoms in total. The van der Waals surface area contributed by atoms with Crippen molar-refractivity contribution >= 4 is 29.1 Å². The summed E-state index contributed by atoms with van der Waals surface area (Å²) < 4.78 is 5.37. The van der Waals surface area contributed by atoms with Gasteiger partial charge in [0.1, 0.15) is 18.0 Å². The van der Waals surface area contributed by atoms with E-state index in [0.29, 0.717) is 37.6 Å². The minimum atomic E-state index is -0.159. The number of nitrogens with zero attached hydrogens (tertiary/aromatic N) is 3. The molecule has 3 N–H and O–H groups in total. The van der Waals surface area contributed by atoms with Crippen LogP contribution in [0.1, 0.15) is 23.2 Å². The van der Waals surface area contributed by atoms with E-state index in [2.05, 4.69) is 30.8 Å². The molecule has 30 heavy (non-hydrogen) atoms. The number of carbonyl (C=O) groups excluding carboxylic acids is 2. The Morgan fingerprint density at radius 1 is 1.07 bits per heavy atom. The first kappa shape index (κ1) is 20.1. The summed E-state index contributed by atoms with van der Waals surface area (Å²) in [6, 6.07) is 8.83. The highest BCUT2D eigenvalue weighted by Gasteiger charge is 2.29. The molecule has 1 aromatic heterocycles. The molecule has 2 aromatic rings. The quantitative estimate of drug-likeness (QED) is 0.566. The number of hydrogen-bond acceptors (Lipinski definition) is 7. The molecule has 1 aromatic carbocycles. The topological polar surface area (TPSA) is 108 Å². The number of rotatable bonds is 8. The Bertz CT molecular complexity index is 879. The van der Waals surface area contributed by atoms with E-state index in [9.17, 15) is 9.59 Å². The molecular weight excluding hydrogens is 384 g/mol. The molecule has 2 fully saturated rings. The molecule has 0 unspecified atom stereocenters. The molecule has 1 saturated heterocycles. The number of amides is 2. The van der Waals surface area contributed by atoms with Gasteiger partial charge in [-0.25, -0.2) is 9.97 Å². The first-order chi connectivity index (χ1) is 14.7. The van der Waals surface area contributed by atoms with Crippen LogP contribution in [0.4, 0.5) is 17.3 Å². The molecule has 0 bridgehead atoms. The van der Waals surface area contributed by atoms with Crippen LogP contribution in [0.15, 0.2) is 36.7 Å². The van der Waals surface area contributed by atoms with Crippen molar-refractivity contribution in [1.82, 2.24) is 15.3 Å². The molecule has 1 saturated carbocycles. The predicted molar refractivity (Wildman–Crippen MR) is 114 cm³/mol. The van der Waals surface area contributed by atoms with E-state index in [0.717, 1.165) is 37.6 Å². The summed E-state index contributed by atoms with van der Waals surface area (Å²) in [5.74, 6) is 1.64. The smallest absolute Gasteiger partial charge is 0.251 e. The van der Waals surface area contributed by atoms with E-state index in [1.807, 2.05) is 6.07 Å². The normalized spacial score (nSPS) is 16.1. The fourth-order valence-corrected chi connectivity index (χ4v) is 3.17. The zero-order chi connectivity index (χ0) is 20.8. The van der Waals surface area contributed by atoms with Gasteiger partial charge in [-0.05, 0) is 37.1 Å². The van der Waals surface area contributed by atoms with Crippen molar-refractivity contribution in [2.24, 2.45) is 5.92 Å². The molecule has 158 valence electrons. The van der Waals surface area contributed by atoms with Crippen LogP contribution >= 0.6 is 0 Å². The summed E-state index contributed by atoms with van der Waals surface area (Å²) in [6.45, 7) is 4.03. The average molecular weight is 410 g/mol. The average Bonchev–Trinajstić information content (AvgIpc) is 3.64. The van der Waals surface area contributed by atoms with E-state index in [-0.39, 0.29) is 17.7 Å². The Morgan fingerprint density at radius 2 is 1.83 bits per heavy atom. The van der Waals surface area contributed by atoms with Gasteiger partial charge in [0.25, 0.3) is 5.91 Å². The molecule has 2 aliphatic rings. The van der Waals surface area contributed by atoms with Crippen molar-refractivity contribution in [1.29, 1.82) is 0 Å². The third-order valence-electron chi connectivity index (χ3n) is 5.07. The molecule has 0 spiro atoms. The molecule has 4 rings (SSSR count). The van der Waals surface area contributed by atoms with Crippen LogP contribution in [-0.2, 0) is 9.53 Å². The first-order valence-corrected chi connectivity index (χ1v) is 10.3. The molecule has 1 aliphatic heterocycles. The standard InChI is InChI=1S/C21H26N6O3/c28-20(15-3-5-17(6-4-15)26-21(29)16-1-2-16)23-8-7-22-18-13-19(25-14-24-18)27-9-11-30-12-10-27/h3-6,13-14,16H,1-2,7-12H2,(H,23,28)(H,26,29)(H,22,24,25). The monoisotopic (exact) mass is 410 g/mol. The van der Waals surface area contributed by atoms with Gasteiger partial charge in [-0.2, -0.15) is 0 Å². The summed E-state index contributed by atoms with van der Waals surface area (Å²) in [5, 5.41) is 8.95. The maximum absolute atomic E-state index is 12.3. The molecule has 2 heterocycles. The Hall–Kier alpha value is -3.20. The Morgan fingerprint density at radius 3 is 2.57 bits per heavy atom. The lowest BCUT2D eigenvalue weighted by molar-refractivity contribution is -0.117. The summed E-state index contributed by atoms with van der Waals surface area (Å²) in [6.07, 6.45) is 3.46. The molecular formula is C21H26N6O3. The SMILES string of the molecule is O=C(NCCNc1cc(N2CCOCC2)ncn1)c1ccc(NC(=O)C2CC2)cc1. The van der Waals surface area contributed by atoms with Gasteiger partial charge in [-0.3, -0.25) is 9.59 Å². The van der Waals surface area contributed by atoms with Crippen molar-refractivity contribution in [3.05, 3.63) is 42.2 Å². The van der Waals surface area contributed by atoms with Crippen LogP contribution in [0.2, 0.25) is 0 Å². The van der Waals surface area contributed by atoms with Gasteiger partial charge >= 0.3 is 0 Å². The van der Waals surface area contributed by atoms with Gasteiger partial charge in [0.2, 0.25) is 5.91 Å². The van der Waals surface area contributed by atoms with Crippen LogP contribution < -0.4 is 20.9 Å². The highest BCUT2D eigenvalue weighted by Crippen LogP contribution is 2.30. The van der Waals surface area contributed by atoms with Gasteiger partial charge < -0.3 is 25.6 Å². The minimum absolute atomic E-state index is 0.0553. The number of carbonyl (C=O) groups is 2. The Kier molecular flexibility index (Phi) is 6.38. The van der Waals surface area contributed by atoms with Crippen LogP contribution in [0.5, 0.6) is 0 Å². The number of benzene rings is 1. The second-order valence-electron chi connectivity index (χ2n) is 7.38. The second-order valence-corrected chi connectivity index (χ2v) is 7.38. The largest absolute Gasteiger partial charge is 0.378 e. The lowest BCUT2D eigenvalue weighted by atomic mass is 10.2. The first-order valence-electron chi connectivity index (χ1n) is 10.3. The maximum atomic E-state index is 12.3. The number of nitrogens with one attached hydrogen (secondary N) is 3. The highest BCUT2D eigenvalue weighted by molar-refractivity contribution is 5.96. The van der Waals surface area contributed by atoms with Crippen molar-refractivity contribution in [2.75, 3.05) is 54.9 Å². The minimum Gasteiger partial charge on any atom is -0.378 e. The van der Waals surface area contributed by atoms with Crippen LogP contribution in [0, 0.1) is 5.92 Å². The van der Waals surface area contributed by atoms with Crippen molar-refractivity contribution in [2.45, 2.75) is 12.8 Å². The zero-order valence-electron chi connectivity index (χ0n) is 16.8. The van der Waals surface area contributed by atoms with Crippen molar-refractivity contribution in [3.63, 3.8) is 0 Å². The number of ether oxygens (including phenoxy) is 1. The van der Waals surface area contributed by atoms with Crippen LogP contribution in [-0.4, -0.2) is 61.2 Å². The number of morpholine rings is 1. The predicted octanol–water partition coefficient (Wildman–Crippen LogP) is 1.50. The highest BCUT2D eigenvalue weighted by atomic mass is 16.5. The van der Waals surface area contributed by atoms with Crippen LogP contribution in [0.3, 0.4) is 0 Å². The Labute approximate surface area is 175 Å². The zero-order valence-corrected chi connectivity index (χ0v) is 16.8.